The fraction of sp³-hybridized carbons (Fsp3) is 0.167. The molecule has 3 aromatic rings. The van der Waals surface area contributed by atoms with Gasteiger partial charge in [-0.1, -0.05) is 41.4 Å². The smallest absolute Gasteiger partial charge is 0.272 e. The maximum Gasteiger partial charge on any atom is 0.272 e. The first-order valence-corrected chi connectivity index (χ1v) is 8.52. The summed E-state index contributed by atoms with van der Waals surface area (Å²) in [5, 5.41) is 10.3. The van der Waals surface area contributed by atoms with Gasteiger partial charge in [-0.3, -0.25) is 9.59 Å². The third-order valence-corrected chi connectivity index (χ3v) is 4.60. The minimum absolute atomic E-state index is 0.0463. The highest BCUT2D eigenvalue weighted by molar-refractivity contribution is 6.35. The number of fused-ring (bicyclic) bond motifs is 1. The molecule has 8 heteroatoms. The molecule has 2 aromatic carbocycles. The second kappa shape index (κ2) is 7.43. The molecule has 0 saturated carbocycles. The summed E-state index contributed by atoms with van der Waals surface area (Å²) in [4.78, 5) is 24.2. The summed E-state index contributed by atoms with van der Waals surface area (Å²) >= 11 is 11.8. The molecule has 0 aliphatic rings. The highest BCUT2D eigenvalue weighted by Gasteiger charge is 2.17. The number of carbonyl (C=O) groups is 1. The molecule has 3 rings (SSSR count). The molecule has 1 atom stereocenters. The monoisotopic (exact) mass is 393 g/mol. The number of halogens is 3. The predicted octanol–water partition coefficient (Wildman–Crippen LogP) is 3.79. The van der Waals surface area contributed by atoms with Crippen molar-refractivity contribution < 1.29 is 9.18 Å². The van der Waals surface area contributed by atoms with Crippen LogP contribution >= 0.6 is 23.2 Å². The van der Waals surface area contributed by atoms with Gasteiger partial charge in [-0.15, -0.1) is 0 Å². The number of amides is 1. The van der Waals surface area contributed by atoms with Gasteiger partial charge in [0.1, 0.15) is 5.82 Å². The minimum Gasteiger partial charge on any atom is -0.349 e. The number of aromatic nitrogens is 2. The lowest BCUT2D eigenvalue weighted by atomic mass is 10.1. The first-order valence-electron chi connectivity index (χ1n) is 7.77. The van der Waals surface area contributed by atoms with Crippen LogP contribution in [0.2, 0.25) is 10.0 Å². The van der Waals surface area contributed by atoms with E-state index in [1.807, 2.05) is 0 Å². The summed E-state index contributed by atoms with van der Waals surface area (Å²) in [5.41, 5.74) is 0.543. The highest BCUT2D eigenvalue weighted by Crippen LogP contribution is 2.28. The minimum atomic E-state index is -0.611. The van der Waals surface area contributed by atoms with Gasteiger partial charge < -0.3 is 5.32 Å². The van der Waals surface area contributed by atoms with Gasteiger partial charge in [0, 0.05) is 10.4 Å². The highest BCUT2D eigenvalue weighted by atomic mass is 35.5. The largest absolute Gasteiger partial charge is 0.349 e. The molecule has 0 unspecified atom stereocenters. The van der Waals surface area contributed by atoms with Gasteiger partial charge in [-0.05, 0) is 30.7 Å². The average molecular weight is 394 g/mol. The third-order valence-electron chi connectivity index (χ3n) is 3.99. The van der Waals surface area contributed by atoms with E-state index in [0.29, 0.717) is 22.0 Å². The summed E-state index contributed by atoms with van der Waals surface area (Å²) in [6, 6.07) is 8.86. The van der Waals surface area contributed by atoms with Gasteiger partial charge >= 0.3 is 0 Å². The normalized spacial score (nSPS) is 12.2. The van der Waals surface area contributed by atoms with Crippen LogP contribution in [-0.2, 0) is 11.2 Å². The van der Waals surface area contributed by atoms with E-state index in [4.69, 9.17) is 23.2 Å². The number of rotatable bonds is 4. The molecular formula is C18H14Cl2FN3O2. The molecule has 0 saturated heterocycles. The van der Waals surface area contributed by atoms with Crippen LogP contribution in [0.15, 0.2) is 41.2 Å². The van der Waals surface area contributed by atoms with E-state index >= 15 is 0 Å². The van der Waals surface area contributed by atoms with E-state index in [1.54, 1.807) is 31.2 Å². The molecular weight excluding hydrogens is 380 g/mol. The fourth-order valence-corrected chi connectivity index (χ4v) is 3.25. The number of carbonyl (C=O) groups excluding carboxylic acids is 1. The zero-order valence-electron chi connectivity index (χ0n) is 13.6. The number of H-pyrrole nitrogens is 1. The predicted molar refractivity (Wildman–Crippen MR) is 99.0 cm³/mol. The number of hydrogen-bond donors (Lipinski definition) is 2. The van der Waals surface area contributed by atoms with E-state index in [0.717, 1.165) is 0 Å². The van der Waals surface area contributed by atoms with Crippen LogP contribution in [0.25, 0.3) is 10.8 Å². The third kappa shape index (κ3) is 3.71. The van der Waals surface area contributed by atoms with Crippen molar-refractivity contribution in [3.8, 4) is 0 Å². The second-order valence-electron chi connectivity index (χ2n) is 5.80. The average Bonchev–Trinajstić information content (AvgIpc) is 2.60. The molecule has 0 radical (unpaired) electrons. The Bertz CT molecular complexity index is 1050. The summed E-state index contributed by atoms with van der Waals surface area (Å²) in [5.74, 6) is -0.950. The lowest BCUT2D eigenvalue weighted by Gasteiger charge is -2.16. The quantitative estimate of drug-likeness (QED) is 0.662. The molecule has 0 aliphatic heterocycles. The SMILES string of the molecule is C[C@@H](NC(=O)Cc1n[nH]c(=O)c2ccccc12)c1cc(F)c(Cl)cc1Cl. The molecule has 0 bridgehead atoms. The zero-order valence-corrected chi connectivity index (χ0v) is 15.2. The van der Waals surface area contributed by atoms with Gasteiger partial charge in [0.2, 0.25) is 5.91 Å². The van der Waals surface area contributed by atoms with Crippen molar-refractivity contribution in [2.45, 2.75) is 19.4 Å². The van der Waals surface area contributed by atoms with Crippen molar-refractivity contribution in [3.63, 3.8) is 0 Å². The van der Waals surface area contributed by atoms with Crippen molar-refractivity contribution in [1.82, 2.24) is 15.5 Å². The van der Waals surface area contributed by atoms with Crippen molar-refractivity contribution in [3.05, 3.63) is 73.9 Å². The number of benzene rings is 2. The first-order chi connectivity index (χ1) is 12.4. The molecule has 1 heterocycles. The lowest BCUT2D eigenvalue weighted by Crippen LogP contribution is -2.29. The molecule has 5 nitrogen and oxygen atoms in total. The molecule has 134 valence electrons. The van der Waals surface area contributed by atoms with Crippen molar-refractivity contribution in [1.29, 1.82) is 0 Å². The van der Waals surface area contributed by atoms with Crippen LogP contribution in [0.4, 0.5) is 4.39 Å². The van der Waals surface area contributed by atoms with Gasteiger partial charge in [0.05, 0.1) is 28.6 Å². The van der Waals surface area contributed by atoms with Crippen LogP contribution < -0.4 is 10.9 Å². The Hall–Kier alpha value is -2.44. The van der Waals surface area contributed by atoms with Gasteiger partial charge in [-0.25, -0.2) is 9.49 Å². The van der Waals surface area contributed by atoms with E-state index in [1.165, 1.54) is 12.1 Å². The summed E-state index contributed by atoms with van der Waals surface area (Å²) in [6.07, 6.45) is -0.0463. The Morgan fingerprint density at radius 3 is 2.65 bits per heavy atom. The fourth-order valence-electron chi connectivity index (χ4n) is 2.70. The van der Waals surface area contributed by atoms with E-state index in [-0.39, 0.29) is 27.9 Å². The van der Waals surface area contributed by atoms with E-state index in [9.17, 15) is 14.0 Å². The Morgan fingerprint density at radius 2 is 1.92 bits per heavy atom. The molecule has 1 amide bonds. The van der Waals surface area contributed by atoms with Crippen molar-refractivity contribution >= 4 is 39.9 Å². The van der Waals surface area contributed by atoms with Gasteiger partial charge in [-0.2, -0.15) is 5.10 Å². The number of nitrogens with zero attached hydrogens (tertiary/aromatic N) is 1. The Labute approximate surface area is 158 Å². The Morgan fingerprint density at radius 1 is 1.23 bits per heavy atom. The zero-order chi connectivity index (χ0) is 18.8. The standard InChI is InChI=1S/C18H14Cl2FN3O2/c1-9(12-6-15(21)14(20)7-13(12)19)22-17(25)8-16-10-4-2-3-5-11(10)18(26)24-23-16/h2-7,9H,8H2,1H3,(H,22,25)(H,24,26)/t9-/m1/s1. The summed E-state index contributed by atoms with van der Waals surface area (Å²) < 4.78 is 13.7. The molecule has 0 fully saturated rings. The number of hydrogen-bond acceptors (Lipinski definition) is 3. The van der Waals surface area contributed by atoms with Crippen LogP contribution in [0.3, 0.4) is 0 Å². The molecule has 26 heavy (non-hydrogen) atoms. The first kappa shape index (κ1) is 18.4. The van der Waals surface area contributed by atoms with Crippen LogP contribution in [0, 0.1) is 5.82 Å². The molecule has 0 aliphatic carbocycles. The van der Waals surface area contributed by atoms with Gasteiger partial charge in [0.25, 0.3) is 5.56 Å². The second-order valence-corrected chi connectivity index (χ2v) is 6.61. The Kier molecular flexibility index (Phi) is 5.25. The van der Waals surface area contributed by atoms with Crippen LogP contribution in [0.5, 0.6) is 0 Å². The maximum atomic E-state index is 13.7. The summed E-state index contributed by atoms with van der Waals surface area (Å²) in [7, 11) is 0. The topological polar surface area (TPSA) is 74.8 Å². The van der Waals surface area contributed by atoms with Crippen molar-refractivity contribution in [2.75, 3.05) is 0 Å². The molecule has 0 spiro atoms. The number of aromatic amines is 1. The van der Waals surface area contributed by atoms with E-state index < -0.39 is 11.9 Å². The molecule has 2 N–H and O–H groups in total. The van der Waals surface area contributed by atoms with Gasteiger partial charge in [0.15, 0.2) is 0 Å². The van der Waals surface area contributed by atoms with Crippen molar-refractivity contribution in [2.24, 2.45) is 0 Å². The van der Waals surface area contributed by atoms with Crippen LogP contribution in [0.1, 0.15) is 24.2 Å². The van der Waals surface area contributed by atoms with E-state index in [2.05, 4.69) is 15.5 Å². The number of nitrogens with one attached hydrogen (secondary N) is 2. The summed E-state index contributed by atoms with van der Waals surface area (Å²) in [6.45, 7) is 1.69. The lowest BCUT2D eigenvalue weighted by molar-refractivity contribution is -0.121. The maximum absolute atomic E-state index is 13.7. The Balaban J connectivity index is 1.81. The van der Waals surface area contributed by atoms with Crippen LogP contribution in [-0.4, -0.2) is 16.1 Å². The molecule has 1 aromatic heterocycles.